The number of carbonyl (C=O) groups is 4. The number of pyridine rings is 1. The summed E-state index contributed by atoms with van der Waals surface area (Å²) in [5.41, 5.74) is 10.5. The second kappa shape index (κ2) is 18.5. The number of benzene rings is 2. The topological polar surface area (TPSA) is 142 Å². The number of esters is 1. The Morgan fingerprint density at radius 3 is 2.55 bits per heavy atom. The van der Waals surface area contributed by atoms with Gasteiger partial charge in [-0.05, 0) is 98.7 Å². The molecule has 4 aliphatic heterocycles. The first-order valence-corrected chi connectivity index (χ1v) is 23.2. The first-order chi connectivity index (χ1) is 31.1. The van der Waals surface area contributed by atoms with E-state index in [2.05, 4.69) is 88.9 Å². The van der Waals surface area contributed by atoms with Crippen LogP contribution in [0.25, 0.3) is 33.3 Å². The molecule has 2 aromatic heterocycles. The second-order valence-corrected chi connectivity index (χ2v) is 19.7. The van der Waals surface area contributed by atoms with Gasteiger partial charge in [0.1, 0.15) is 12.1 Å². The van der Waals surface area contributed by atoms with Crippen LogP contribution in [-0.4, -0.2) is 130 Å². The molecule has 0 saturated carbocycles. The van der Waals surface area contributed by atoms with Crippen molar-refractivity contribution in [2.24, 2.45) is 11.3 Å². The quantitative estimate of drug-likeness (QED) is 0.158. The maximum absolute atomic E-state index is 14.8. The van der Waals surface area contributed by atoms with Crippen molar-refractivity contribution in [3.63, 3.8) is 0 Å². The number of hydrogen-bond acceptors (Lipinski definition) is 10. The number of ether oxygens (including phenoxy) is 2. The molecule has 2 aromatic carbocycles. The summed E-state index contributed by atoms with van der Waals surface area (Å²) in [6.07, 6.45) is 4.86. The molecule has 3 amide bonds. The Kier molecular flexibility index (Phi) is 13.1. The van der Waals surface area contributed by atoms with Gasteiger partial charge in [-0.3, -0.25) is 39.0 Å². The zero-order valence-electron chi connectivity index (χ0n) is 39.4. The van der Waals surface area contributed by atoms with Crippen molar-refractivity contribution >= 4 is 34.6 Å². The highest BCUT2D eigenvalue weighted by Crippen LogP contribution is 2.42. The number of nitrogens with one attached hydrogen (secondary N) is 2. The normalized spacial score (nSPS) is 22.4. The molecule has 346 valence electrons. The van der Waals surface area contributed by atoms with E-state index in [1.54, 1.807) is 12.0 Å². The number of aromatic nitrogens is 2. The molecule has 1 spiro atoms. The Hall–Kier alpha value is -5.41. The summed E-state index contributed by atoms with van der Waals surface area (Å²) in [4.78, 5) is 66.8. The van der Waals surface area contributed by atoms with Crippen LogP contribution in [0.3, 0.4) is 0 Å². The number of likely N-dealkylation sites (tertiary alicyclic amines) is 1. The first-order valence-electron chi connectivity index (χ1n) is 23.2. The summed E-state index contributed by atoms with van der Waals surface area (Å²) < 4.78 is 14.3. The molecular formula is C51H66N8O6. The van der Waals surface area contributed by atoms with Crippen LogP contribution in [0.1, 0.15) is 77.3 Å². The number of carbonyl (C=O) groups excluding carboxylic acids is 4. The van der Waals surface area contributed by atoms with Gasteiger partial charge in [-0.1, -0.05) is 64.6 Å². The maximum Gasteiger partial charge on any atom is 0.324 e. The van der Waals surface area contributed by atoms with E-state index in [0.29, 0.717) is 52.1 Å². The maximum atomic E-state index is 14.8. The van der Waals surface area contributed by atoms with Crippen LogP contribution in [0.4, 0.5) is 0 Å². The number of nitrogens with zero attached hydrogens (tertiary/aromatic N) is 6. The van der Waals surface area contributed by atoms with E-state index in [0.717, 1.165) is 56.7 Å². The van der Waals surface area contributed by atoms with E-state index in [-0.39, 0.29) is 48.3 Å². The molecule has 4 aliphatic rings. The van der Waals surface area contributed by atoms with Crippen LogP contribution >= 0.6 is 0 Å². The lowest BCUT2D eigenvalue weighted by atomic mass is 9.84. The van der Waals surface area contributed by atoms with Crippen molar-refractivity contribution in [2.75, 3.05) is 53.6 Å². The standard InChI is InChI=1S/C51H66N8O6/c1-10-43(60)56-27-51(28-56)29-57(31-55(51)8)45(32(3)4)47(61)53-41-24-34-15-12-16-35(23-34)36-19-20-42-38(25-36)39(46(58(42)11-2)37-17-13-21-52-44(37)33(5)64-9)26-50(6,7)30-65-49(63)40-18-14-22-59(54-40)48(41)62/h10,12-13,15-17,19-21,23,25,32-33,40-41,45,54H,1,11,14,18,22,24,26-31H2,2-9H3,(H,53,61)/t33-,40-,41-,45?/m0/s1. The highest BCUT2D eigenvalue weighted by atomic mass is 16.5. The van der Waals surface area contributed by atoms with Crippen LogP contribution in [0.2, 0.25) is 0 Å². The zero-order chi connectivity index (χ0) is 46.4. The van der Waals surface area contributed by atoms with Crippen molar-refractivity contribution in [3.05, 3.63) is 90.3 Å². The van der Waals surface area contributed by atoms with Crippen LogP contribution in [0, 0.1) is 11.3 Å². The lowest BCUT2D eigenvalue weighted by Crippen LogP contribution is -2.70. The summed E-state index contributed by atoms with van der Waals surface area (Å²) in [6, 6.07) is 16.7. The number of fused-ring (bicyclic) bond motifs is 6. The molecule has 6 bridgehead atoms. The van der Waals surface area contributed by atoms with E-state index in [9.17, 15) is 19.2 Å². The number of methoxy groups -OCH3 is 1. The fraction of sp³-hybridized carbons (Fsp3) is 0.510. The minimum atomic E-state index is -0.934. The van der Waals surface area contributed by atoms with Crippen molar-refractivity contribution in [1.82, 2.24) is 40.0 Å². The van der Waals surface area contributed by atoms with Crippen molar-refractivity contribution in [1.29, 1.82) is 0 Å². The molecule has 6 heterocycles. The number of aryl methyl sites for hydroxylation is 1. The third kappa shape index (κ3) is 8.97. The van der Waals surface area contributed by atoms with E-state index in [4.69, 9.17) is 14.5 Å². The Labute approximate surface area is 383 Å². The lowest BCUT2D eigenvalue weighted by Gasteiger charge is -2.51. The molecule has 4 atom stereocenters. The molecule has 1 unspecified atom stereocenters. The molecule has 3 saturated heterocycles. The van der Waals surface area contributed by atoms with Gasteiger partial charge < -0.3 is 24.3 Å². The van der Waals surface area contributed by atoms with Crippen LogP contribution in [-0.2, 0) is 48.0 Å². The van der Waals surface area contributed by atoms with Crippen LogP contribution < -0.4 is 10.7 Å². The Balaban J connectivity index is 1.18. The second-order valence-electron chi connectivity index (χ2n) is 19.7. The lowest BCUT2D eigenvalue weighted by molar-refractivity contribution is -0.155. The average Bonchev–Trinajstić information content (AvgIpc) is 3.79. The van der Waals surface area contributed by atoms with Crippen LogP contribution in [0.15, 0.2) is 73.4 Å². The van der Waals surface area contributed by atoms with E-state index in [1.807, 2.05) is 52.2 Å². The molecule has 14 heteroatoms. The number of likely N-dealkylation sites (N-methyl/N-ethyl adjacent to an activating group) is 1. The molecule has 3 fully saturated rings. The highest BCUT2D eigenvalue weighted by molar-refractivity contribution is 5.96. The molecule has 4 aromatic rings. The number of amides is 3. The minimum absolute atomic E-state index is 0.0743. The predicted molar refractivity (Wildman–Crippen MR) is 251 cm³/mol. The van der Waals surface area contributed by atoms with Gasteiger partial charge in [-0.25, -0.2) is 5.43 Å². The van der Waals surface area contributed by atoms with E-state index in [1.165, 1.54) is 11.1 Å². The number of hydrogen-bond donors (Lipinski definition) is 2. The molecule has 14 nitrogen and oxygen atoms in total. The fourth-order valence-corrected chi connectivity index (χ4v) is 10.6. The number of cyclic esters (lactones) is 1. The van der Waals surface area contributed by atoms with Crippen molar-refractivity contribution < 1.29 is 28.7 Å². The summed E-state index contributed by atoms with van der Waals surface area (Å²) in [5.74, 6) is -1.13. The Morgan fingerprint density at radius 2 is 1.83 bits per heavy atom. The van der Waals surface area contributed by atoms with Gasteiger partial charge in [0, 0.05) is 74.3 Å². The summed E-state index contributed by atoms with van der Waals surface area (Å²) >= 11 is 0. The zero-order valence-corrected chi connectivity index (χ0v) is 39.4. The summed E-state index contributed by atoms with van der Waals surface area (Å²) in [6.45, 7) is 19.7. The monoisotopic (exact) mass is 887 g/mol. The summed E-state index contributed by atoms with van der Waals surface area (Å²) in [7, 11) is 3.74. The van der Waals surface area contributed by atoms with Gasteiger partial charge in [0.15, 0.2) is 0 Å². The summed E-state index contributed by atoms with van der Waals surface area (Å²) in [5, 5.41) is 5.83. The number of hydrazine groups is 1. The SMILES string of the molecule is C=CC(=O)N1CC2(C1)CN(C(C(=O)N[C@H]1Cc3cccc(c3)-c3ccc4c(c3)c(c(-c3cccnc3[C@H](C)OC)n4CC)CC(C)(C)COC(=O)[C@@H]3CCCN(N3)C1=O)C(C)C)CN2C. The van der Waals surface area contributed by atoms with Gasteiger partial charge in [0.05, 0.1) is 42.3 Å². The minimum Gasteiger partial charge on any atom is -0.464 e. The smallest absolute Gasteiger partial charge is 0.324 e. The molecule has 0 radical (unpaired) electrons. The molecule has 2 N–H and O–H groups in total. The molecular weight excluding hydrogens is 821 g/mol. The van der Waals surface area contributed by atoms with E-state index >= 15 is 0 Å². The largest absolute Gasteiger partial charge is 0.464 e. The third-order valence-corrected chi connectivity index (χ3v) is 14.1. The third-order valence-electron chi connectivity index (χ3n) is 14.1. The van der Waals surface area contributed by atoms with Gasteiger partial charge in [-0.2, -0.15) is 0 Å². The van der Waals surface area contributed by atoms with Crippen molar-refractivity contribution in [2.45, 2.75) is 104 Å². The first kappa shape index (κ1) is 46.1. The van der Waals surface area contributed by atoms with E-state index < -0.39 is 29.5 Å². The van der Waals surface area contributed by atoms with Gasteiger partial charge >= 0.3 is 5.97 Å². The molecule has 65 heavy (non-hydrogen) atoms. The van der Waals surface area contributed by atoms with Crippen LogP contribution in [0.5, 0.6) is 0 Å². The predicted octanol–water partition coefficient (Wildman–Crippen LogP) is 5.74. The Morgan fingerprint density at radius 1 is 1.06 bits per heavy atom. The van der Waals surface area contributed by atoms with Gasteiger partial charge in [0.2, 0.25) is 11.8 Å². The number of rotatable bonds is 9. The molecule has 8 rings (SSSR count). The average molecular weight is 887 g/mol. The fourth-order valence-electron chi connectivity index (χ4n) is 10.6. The molecule has 0 aliphatic carbocycles. The van der Waals surface area contributed by atoms with Gasteiger partial charge in [-0.15, -0.1) is 0 Å². The van der Waals surface area contributed by atoms with Crippen molar-refractivity contribution in [3.8, 4) is 22.4 Å². The highest BCUT2D eigenvalue weighted by Gasteiger charge is 2.54. The Bertz CT molecular complexity index is 2470. The van der Waals surface area contributed by atoms with Gasteiger partial charge in [0.25, 0.3) is 5.91 Å².